The van der Waals surface area contributed by atoms with E-state index >= 15 is 0 Å². The zero-order valence-corrected chi connectivity index (χ0v) is 17.8. The summed E-state index contributed by atoms with van der Waals surface area (Å²) in [4.78, 5) is 30.9. The van der Waals surface area contributed by atoms with Crippen LogP contribution in [-0.2, 0) is 15.1 Å². The predicted octanol–water partition coefficient (Wildman–Crippen LogP) is 3.43. The molecular formula is C22H25F3N4O3. The largest absolute Gasteiger partial charge is 0.490 e. The van der Waals surface area contributed by atoms with E-state index in [0.29, 0.717) is 11.8 Å². The molecule has 3 unspecified atom stereocenters. The van der Waals surface area contributed by atoms with Crippen LogP contribution in [0, 0.1) is 11.8 Å². The van der Waals surface area contributed by atoms with Crippen LogP contribution in [0.4, 0.5) is 18.9 Å². The smallest absolute Gasteiger partial charge is 0.475 e. The van der Waals surface area contributed by atoms with Gasteiger partial charge in [0, 0.05) is 37.9 Å². The molecule has 2 aromatic rings. The maximum Gasteiger partial charge on any atom is 0.490 e. The highest BCUT2D eigenvalue weighted by Gasteiger charge is 2.52. The van der Waals surface area contributed by atoms with Crippen LogP contribution >= 0.6 is 0 Å². The number of nitrogens with zero attached hydrogens (tertiary/aromatic N) is 4. The number of aromatic nitrogens is 2. The molecule has 3 aliphatic rings. The summed E-state index contributed by atoms with van der Waals surface area (Å²) < 4.78 is 34.0. The first kappa shape index (κ1) is 22.2. The van der Waals surface area contributed by atoms with Crippen LogP contribution in [0.25, 0.3) is 5.82 Å². The summed E-state index contributed by atoms with van der Waals surface area (Å²) in [6.45, 7) is 6.91. The maximum absolute atomic E-state index is 12.8. The van der Waals surface area contributed by atoms with Gasteiger partial charge in [-0.25, -0.2) is 9.78 Å². The summed E-state index contributed by atoms with van der Waals surface area (Å²) in [5.74, 6) is -0.584. The van der Waals surface area contributed by atoms with Crippen molar-refractivity contribution in [3.05, 3.63) is 42.4 Å². The number of pyridine rings is 1. The molecule has 10 heteroatoms. The molecule has 172 valence electrons. The maximum atomic E-state index is 12.8. The Morgan fingerprint density at radius 3 is 2.56 bits per heavy atom. The summed E-state index contributed by atoms with van der Waals surface area (Å²) in [6.07, 6.45) is 0.908. The molecule has 7 nitrogen and oxygen atoms in total. The Labute approximate surface area is 183 Å². The molecule has 2 aromatic heterocycles. The molecule has 1 spiro atoms. The average molecular weight is 450 g/mol. The van der Waals surface area contributed by atoms with Crippen molar-refractivity contribution in [2.24, 2.45) is 11.8 Å². The summed E-state index contributed by atoms with van der Waals surface area (Å²) in [6, 6.07) is 8.47. The van der Waals surface area contributed by atoms with E-state index in [1.165, 1.54) is 11.4 Å². The third-order valence-electron chi connectivity index (χ3n) is 6.57. The van der Waals surface area contributed by atoms with Gasteiger partial charge >= 0.3 is 12.1 Å². The Morgan fingerprint density at radius 2 is 1.97 bits per heavy atom. The van der Waals surface area contributed by atoms with Gasteiger partial charge in [-0.15, -0.1) is 0 Å². The number of aliphatic carboxylic acids is 1. The average Bonchev–Trinajstić information content (AvgIpc) is 3.13. The van der Waals surface area contributed by atoms with Gasteiger partial charge in [-0.2, -0.15) is 13.2 Å². The Hall–Kier alpha value is -3.04. The zero-order valence-electron chi connectivity index (χ0n) is 17.8. The van der Waals surface area contributed by atoms with Crippen LogP contribution in [0.1, 0.15) is 32.4 Å². The highest BCUT2D eigenvalue weighted by Crippen LogP contribution is 2.48. The normalized spacial score (nSPS) is 25.7. The summed E-state index contributed by atoms with van der Waals surface area (Å²) in [5.41, 5.74) is 2.30. The Balaban J connectivity index is 0.000000307. The number of amides is 1. The van der Waals surface area contributed by atoms with Crippen molar-refractivity contribution < 1.29 is 27.9 Å². The van der Waals surface area contributed by atoms with Gasteiger partial charge in [-0.3, -0.25) is 4.79 Å². The lowest BCUT2D eigenvalue weighted by molar-refractivity contribution is -0.192. The third-order valence-corrected chi connectivity index (χ3v) is 6.57. The molecule has 1 saturated carbocycles. The molecule has 0 radical (unpaired) electrons. The van der Waals surface area contributed by atoms with Gasteiger partial charge in [0.25, 0.3) is 0 Å². The SMILES string of the molecule is CCN1c2cccnc2-n2cccc2C12CCN(C(=O)C1CC1C)C2.O=C(O)C(F)(F)F. The first-order valence-electron chi connectivity index (χ1n) is 10.6. The third kappa shape index (κ3) is 3.61. The molecule has 3 atom stereocenters. The van der Waals surface area contributed by atoms with Crippen LogP contribution in [0.5, 0.6) is 0 Å². The summed E-state index contributed by atoms with van der Waals surface area (Å²) in [5, 5.41) is 7.12. The topological polar surface area (TPSA) is 78.7 Å². The Morgan fingerprint density at radius 1 is 1.28 bits per heavy atom. The highest BCUT2D eigenvalue weighted by molar-refractivity contribution is 5.82. The van der Waals surface area contributed by atoms with Crippen molar-refractivity contribution in [2.45, 2.75) is 38.4 Å². The lowest BCUT2D eigenvalue weighted by Crippen LogP contribution is -2.52. The van der Waals surface area contributed by atoms with E-state index in [1.807, 2.05) is 12.3 Å². The number of likely N-dealkylation sites (tertiary alicyclic amines) is 1. The standard InChI is InChI=1S/C20H24N4O.C2HF3O2/c1-3-24-16-6-4-9-21-18(16)23-10-5-7-17(23)20(24)8-11-22(13-20)19(25)15-12-14(15)2;3-2(4,5)1(6)7/h4-7,9-10,14-15H,3,8,11-13H2,1-2H3;(H,6,7). The number of alkyl halides is 3. The van der Waals surface area contributed by atoms with Crippen LogP contribution in [0.15, 0.2) is 36.7 Å². The van der Waals surface area contributed by atoms with Crippen LogP contribution in [-0.4, -0.2) is 57.2 Å². The van der Waals surface area contributed by atoms with Crippen LogP contribution in [0.2, 0.25) is 0 Å². The molecule has 2 fully saturated rings. The van der Waals surface area contributed by atoms with Crippen molar-refractivity contribution >= 4 is 17.6 Å². The fourth-order valence-corrected chi connectivity index (χ4v) is 4.88. The number of carboxylic acid groups (broad SMARTS) is 1. The van der Waals surface area contributed by atoms with E-state index < -0.39 is 12.1 Å². The quantitative estimate of drug-likeness (QED) is 0.759. The molecule has 1 amide bonds. The molecule has 1 saturated heterocycles. The van der Waals surface area contributed by atoms with Gasteiger partial charge in [0.2, 0.25) is 5.91 Å². The van der Waals surface area contributed by atoms with E-state index in [4.69, 9.17) is 9.90 Å². The second-order valence-corrected chi connectivity index (χ2v) is 8.52. The van der Waals surface area contributed by atoms with Gasteiger partial charge in [0.15, 0.2) is 5.82 Å². The molecule has 0 aromatic carbocycles. The monoisotopic (exact) mass is 450 g/mol. The van der Waals surface area contributed by atoms with Crippen molar-refractivity contribution in [1.29, 1.82) is 0 Å². The Bertz CT molecular complexity index is 1040. The number of anilines is 1. The number of carbonyl (C=O) groups is 2. The van der Waals surface area contributed by atoms with E-state index in [0.717, 1.165) is 38.3 Å². The molecule has 1 N–H and O–H groups in total. The van der Waals surface area contributed by atoms with E-state index in [1.54, 1.807) is 0 Å². The van der Waals surface area contributed by atoms with Crippen LogP contribution in [0.3, 0.4) is 0 Å². The molecule has 32 heavy (non-hydrogen) atoms. The van der Waals surface area contributed by atoms with Gasteiger partial charge < -0.3 is 19.5 Å². The minimum Gasteiger partial charge on any atom is -0.475 e. The zero-order chi connectivity index (χ0) is 23.3. The minimum atomic E-state index is -5.08. The highest BCUT2D eigenvalue weighted by atomic mass is 19.4. The summed E-state index contributed by atoms with van der Waals surface area (Å²) >= 11 is 0. The van der Waals surface area contributed by atoms with Gasteiger partial charge in [0.05, 0.1) is 16.9 Å². The minimum absolute atomic E-state index is 0.137. The molecule has 5 rings (SSSR count). The summed E-state index contributed by atoms with van der Waals surface area (Å²) in [7, 11) is 0. The number of halogens is 3. The number of hydrogen-bond acceptors (Lipinski definition) is 4. The Kier molecular flexibility index (Phi) is 5.42. The van der Waals surface area contributed by atoms with E-state index in [9.17, 15) is 18.0 Å². The van der Waals surface area contributed by atoms with Crippen molar-refractivity contribution in [1.82, 2.24) is 14.5 Å². The molecule has 1 aliphatic carbocycles. The van der Waals surface area contributed by atoms with Crippen molar-refractivity contribution in [3.63, 3.8) is 0 Å². The first-order chi connectivity index (χ1) is 15.1. The number of carboxylic acids is 1. The van der Waals surface area contributed by atoms with Crippen molar-refractivity contribution in [2.75, 3.05) is 24.5 Å². The number of fused-ring (bicyclic) bond motifs is 4. The van der Waals surface area contributed by atoms with Gasteiger partial charge in [-0.1, -0.05) is 6.92 Å². The fraction of sp³-hybridized carbons (Fsp3) is 0.500. The number of likely N-dealkylation sites (N-methyl/N-ethyl adjacent to an activating group) is 1. The molecular weight excluding hydrogens is 425 g/mol. The van der Waals surface area contributed by atoms with E-state index in [2.05, 4.69) is 57.6 Å². The first-order valence-corrected chi connectivity index (χ1v) is 10.6. The molecule has 2 aliphatic heterocycles. The predicted molar refractivity (Wildman–Crippen MR) is 110 cm³/mol. The van der Waals surface area contributed by atoms with E-state index in [-0.39, 0.29) is 11.5 Å². The second kappa shape index (κ2) is 7.83. The fourth-order valence-electron chi connectivity index (χ4n) is 4.88. The molecule has 4 heterocycles. The van der Waals surface area contributed by atoms with Crippen LogP contribution < -0.4 is 4.90 Å². The molecule has 0 bridgehead atoms. The lowest BCUT2D eigenvalue weighted by atomic mass is 9.89. The number of hydrogen-bond donors (Lipinski definition) is 1. The number of rotatable bonds is 2. The second-order valence-electron chi connectivity index (χ2n) is 8.52. The van der Waals surface area contributed by atoms with Gasteiger partial charge in [-0.05, 0) is 49.9 Å². The van der Waals surface area contributed by atoms with Gasteiger partial charge in [0.1, 0.15) is 0 Å². The lowest BCUT2D eigenvalue weighted by Gasteiger charge is -2.46. The number of carbonyl (C=O) groups excluding carboxylic acids is 1. The van der Waals surface area contributed by atoms with Crippen molar-refractivity contribution in [3.8, 4) is 5.82 Å².